The van der Waals surface area contributed by atoms with Gasteiger partial charge in [0, 0.05) is 63.2 Å². The van der Waals surface area contributed by atoms with E-state index in [9.17, 15) is 33.9 Å². The highest BCUT2D eigenvalue weighted by molar-refractivity contribution is 5.97. The Labute approximate surface area is 334 Å². The molecule has 1 saturated heterocycles. The topological polar surface area (TPSA) is 160 Å². The first-order chi connectivity index (χ1) is 26.1. The van der Waals surface area contributed by atoms with Crippen molar-refractivity contribution < 1.29 is 52.8 Å². The molecule has 11 nitrogen and oxygen atoms in total. The Bertz CT molecular complexity index is 1590. The van der Waals surface area contributed by atoms with Crippen LogP contribution in [-0.2, 0) is 47.7 Å². The SMILES string of the molecule is COC(=O)C12CC(=O)C(C(C)C)CC(=O)C(C)CCCC(C)CC(=O)C1CC(C)=C1C(OC(C)=O)CC(C)(O)C3CCC(C)(OC(C)=O)C(CCC(C)=CC12)O3. The number of fused-ring (bicyclic) bond motifs is 5. The van der Waals surface area contributed by atoms with Gasteiger partial charge in [-0.05, 0) is 83.6 Å². The number of hydrogen-bond donors (Lipinski definition) is 1. The second-order valence-electron chi connectivity index (χ2n) is 18.5. The van der Waals surface area contributed by atoms with Gasteiger partial charge >= 0.3 is 17.9 Å². The van der Waals surface area contributed by atoms with Crippen molar-refractivity contribution in [3.63, 3.8) is 0 Å². The molecule has 0 radical (unpaired) electrons. The Balaban J connectivity index is 2.04. The number of Topliss-reactive ketones (excluding diaryl/α,β-unsaturated/α-hetero) is 3. The van der Waals surface area contributed by atoms with Gasteiger partial charge in [-0.15, -0.1) is 0 Å². The second kappa shape index (κ2) is 18.2. The van der Waals surface area contributed by atoms with Gasteiger partial charge in [0.1, 0.15) is 29.1 Å². The van der Waals surface area contributed by atoms with Gasteiger partial charge in [-0.3, -0.25) is 28.8 Å². The molecule has 0 aromatic carbocycles. The summed E-state index contributed by atoms with van der Waals surface area (Å²) < 4.78 is 24.2. The summed E-state index contributed by atoms with van der Waals surface area (Å²) in [5.74, 6) is -5.28. The molecule has 11 atom stereocenters. The van der Waals surface area contributed by atoms with Crippen molar-refractivity contribution >= 4 is 35.3 Å². The third-order valence-corrected chi connectivity index (χ3v) is 13.5. The Kier molecular flexibility index (Phi) is 14.8. The van der Waals surface area contributed by atoms with E-state index in [2.05, 4.69) is 0 Å². The summed E-state index contributed by atoms with van der Waals surface area (Å²) in [6, 6.07) is 0. The summed E-state index contributed by atoms with van der Waals surface area (Å²) >= 11 is 0. The molecule has 2 aliphatic carbocycles. The van der Waals surface area contributed by atoms with Crippen LogP contribution < -0.4 is 0 Å². The van der Waals surface area contributed by atoms with Crippen LogP contribution >= 0.6 is 0 Å². The van der Waals surface area contributed by atoms with Crippen LogP contribution in [0.4, 0.5) is 0 Å². The van der Waals surface area contributed by atoms with Crippen molar-refractivity contribution in [1.29, 1.82) is 0 Å². The average Bonchev–Trinajstić information content (AvgIpc) is 3.08. The van der Waals surface area contributed by atoms with Crippen LogP contribution in [-0.4, -0.2) is 77.0 Å². The molecule has 2 fully saturated rings. The maximum absolute atomic E-state index is 14.9. The molecule has 56 heavy (non-hydrogen) atoms. The summed E-state index contributed by atoms with van der Waals surface area (Å²) in [5.41, 5.74) is -2.16. The van der Waals surface area contributed by atoms with E-state index in [-0.39, 0.29) is 67.2 Å². The molecule has 4 rings (SSSR count). The van der Waals surface area contributed by atoms with Crippen molar-refractivity contribution in [1.82, 2.24) is 0 Å². The molecule has 314 valence electrons. The summed E-state index contributed by atoms with van der Waals surface area (Å²) in [5, 5.41) is 12.3. The largest absolute Gasteiger partial charge is 0.469 e. The number of methoxy groups -OCH3 is 1. The van der Waals surface area contributed by atoms with E-state index in [1.165, 1.54) is 21.0 Å². The van der Waals surface area contributed by atoms with Crippen LogP contribution in [0.1, 0.15) is 146 Å². The number of aliphatic hydroxyl groups is 1. The lowest BCUT2D eigenvalue weighted by atomic mass is 9.52. The standard InChI is InChI=1S/C45H68O11/c1-25(2)32-22-35(48)28(5)14-12-13-26(3)20-36(49)33-21-29(6)41-34(45(33,23-37(32)50)42(51)53-11)19-27(4)15-16-40-44(10,56-31(8)47)18-17-39(55-40)43(9,52)24-38(41)54-30(7)46/h19,25-26,28,32-34,38-40,52H,12-18,20-24H2,1-11H3. The van der Waals surface area contributed by atoms with Crippen LogP contribution in [0.5, 0.6) is 0 Å². The third kappa shape index (κ3) is 9.91. The molecule has 2 heterocycles. The summed E-state index contributed by atoms with van der Waals surface area (Å²) in [4.78, 5) is 83.5. The van der Waals surface area contributed by atoms with Crippen molar-refractivity contribution in [2.24, 2.45) is 40.9 Å². The minimum absolute atomic E-state index is 0.00833. The van der Waals surface area contributed by atoms with Gasteiger partial charge in [0.15, 0.2) is 0 Å². The van der Waals surface area contributed by atoms with Crippen LogP contribution in [0, 0.1) is 40.9 Å². The Morgan fingerprint density at radius 1 is 0.893 bits per heavy atom. The molecule has 2 aliphatic heterocycles. The molecule has 1 N–H and O–H groups in total. The molecule has 11 heteroatoms. The maximum Gasteiger partial charge on any atom is 0.313 e. The number of ketones is 3. The van der Waals surface area contributed by atoms with Crippen molar-refractivity contribution in [3.05, 3.63) is 22.8 Å². The van der Waals surface area contributed by atoms with Gasteiger partial charge < -0.3 is 24.1 Å². The van der Waals surface area contributed by atoms with Gasteiger partial charge in [0.2, 0.25) is 0 Å². The quantitative estimate of drug-likeness (QED) is 0.172. The molecular formula is C45H68O11. The Hall–Kier alpha value is -3.18. The summed E-state index contributed by atoms with van der Waals surface area (Å²) in [6.45, 7) is 17.6. The first-order valence-corrected chi connectivity index (χ1v) is 20.8. The lowest BCUT2D eigenvalue weighted by molar-refractivity contribution is -0.231. The van der Waals surface area contributed by atoms with E-state index in [0.717, 1.165) is 24.0 Å². The first-order valence-electron chi connectivity index (χ1n) is 20.8. The normalized spacial score (nSPS) is 38.2. The van der Waals surface area contributed by atoms with E-state index >= 15 is 0 Å². The number of carbonyl (C=O) groups is 6. The summed E-state index contributed by atoms with van der Waals surface area (Å²) in [6.07, 6.45) is 3.24. The van der Waals surface area contributed by atoms with Gasteiger partial charge in [-0.25, -0.2) is 0 Å². The molecule has 2 bridgehead atoms. The summed E-state index contributed by atoms with van der Waals surface area (Å²) in [7, 11) is 1.27. The van der Waals surface area contributed by atoms with E-state index in [4.69, 9.17) is 18.9 Å². The predicted molar refractivity (Wildman–Crippen MR) is 210 cm³/mol. The van der Waals surface area contributed by atoms with E-state index in [0.29, 0.717) is 37.7 Å². The molecule has 11 unspecified atom stereocenters. The number of carbonyl (C=O) groups excluding carboxylic acids is 6. The lowest BCUT2D eigenvalue weighted by Crippen LogP contribution is -2.58. The van der Waals surface area contributed by atoms with Crippen molar-refractivity contribution in [2.75, 3.05) is 7.11 Å². The van der Waals surface area contributed by atoms with Crippen LogP contribution in [0.3, 0.4) is 0 Å². The van der Waals surface area contributed by atoms with Crippen LogP contribution in [0.2, 0.25) is 0 Å². The number of hydrogen-bond acceptors (Lipinski definition) is 11. The molecule has 0 spiro atoms. The maximum atomic E-state index is 14.9. The minimum Gasteiger partial charge on any atom is -0.469 e. The highest BCUT2D eigenvalue weighted by atomic mass is 16.6. The number of rotatable bonds is 4. The number of ether oxygens (including phenoxy) is 4. The Morgan fingerprint density at radius 2 is 1.57 bits per heavy atom. The molecule has 1 saturated carbocycles. The highest BCUT2D eigenvalue weighted by Crippen LogP contribution is 2.56. The fourth-order valence-corrected chi connectivity index (χ4v) is 10.2. The van der Waals surface area contributed by atoms with Crippen LogP contribution in [0.25, 0.3) is 0 Å². The van der Waals surface area contributed by atoms with E-state index < -0.39 is 70.6 Å². The smallest absolute Gasteiger partial charge is 0.313 e. The zero-order valence-electron chi connectivity index (χ0n) is 35.8. The number of esters is 3. The Morgan fingerprint density at radius 3 is 2.18 bits per heavy atom. The number of allylic oxidation sites excluding steroid dienone is 3. The van der Waals surface area contributed by atoms with E-state index in [1.54, 1.807) is 6.92 Å². The van der Waals surface area contributed by atoms with Crippen molar-refractivity contribution in [3.8, 4) is 0 Å². The molecule has 0 amide bonds. The second-order valence-corrected chi connectivity index (χ2v) is 18.5. The van der Waals surface area contributed by atoms with Gasteiger partial charge in [0.25, 0.3) is 0 Å². The first kappa shape index (κ1) is 45.5. The molecule has 0 aromatic heterocycles. The van der Waals surface area contributed by atoms with Crippen LogP contribution in [0.15, 0.2) is 22.8 Å². The van der Waals surface area contributed by atoms with Gasteiger partial charge in [-0.1, -0.05) is 57.8 Å². The molecular weight excluding hydrogens is 716 g/mol. The third-order valence-electron chi connectivity index (χ3n) is 13.5. The fraction of sp³-hybridized carbons (Fsp3) is 0.778. The fourth-order valence-electron chi connectivity index (χ4n) is 10.2. The predicted octanol–water partition coefficient (Wildman–Crippen LogP) is 7.39. The average molecular weight is 785 g/mol. The van der Waals surface area contributed by atoms with Gasteiger partial charge in [-0.2, -0.15) is 0 Å². The highest BCUT2D eigenvalue weighted by Gasteiger charge is 2.61. The van der Waals surface area contributed by atoms with Crippen molar-refractivity contribution in [2.45, 2.75) is 176 Å². The minimum atomic E-state index is -1.75. The zero-order chi connectivity index (χ0) is 41.9. The van der Waals surface area contributed by atoms with Gasteiger partial charge in [0.05, 0.1) is 30.3 Å². The molecule has 4 aliphatic rings. The van der Waals surface area contributed by atoms with E-state index in [1.807, 2.05) is 54.5 Å². The monoisotopic (exact) mass is 784 g/mol. The lowest BCUT2D eigenvalue weighted by Gasteiger charge is -2.51. The zero-order valence-corrected chi connectivity index (χ0v) is 35.8. The molecule has 0 aromatic rings.